The summed E-state index contributed by atoms with van der Waals surface area (Å²) >= 11 is 0. The second-order valence-electron chi connectivity index (χ2n) is 19.3. The van der Waals surface area contributed by atoms with Crippen molar-refractivity contribution in [3.8, 4) is 0 Å². The Morgan fingerprint density at radius 3 is 1.44 bits per heavy atom. The summed E-state index contributed by atoms with van der Waals surface area (Å²) in [4.78, 5) is 13.2. The summed E-state index contributed by atoms with van der Waals surface area (Å²) in [6.45, 7) is 1.42. The summed E-state index contributed by atoms with van der Waals surface area (Å²) in [6.07, 6.45) is 19.3. The molecule has 75 heavy (non-hydrogen) atoms. The molecule has 17 unspecified atom stereocenters. The molecule has 0 aromatic carbocycles. The Labute approximate surface area is 444 Å². The zero-order chi connectivity index (χ0) is 54.8. The zero-order valence-electron chi connectivity index (χ0n) is 44.2. The van der Waals surface area contributed by atoms with E-state index in [1.165, 1.54) is 0 Å². The number of hydrogen-bond acceptors (Lipinski definition) is 18. The monoisotopic (exact) mass is 1070 g/mol. The van der Waals surface area contributed by atoms with Gasteiger partial charge in [0.15, 0.2) is 18.9 Å². The minimum Gasteiger partial charge on any atom is -0.394 e. The smallest absolute Gasteiger partial charge is 0.220 e. The minimum atomic E-state index is -1.98. The number of hydrogen-bond donors (Lipinski definition) is 12. The van der Waals surface area contributed by atoms with Crippen LogP contribution in [0.15, 0.2) is 85.1 Å². The number of amides is 1. The first kappa shape index (κ1) is 66.3. The number of ether oxygens (including phenoxy) is 6. The average molecular weight is 1070 g/mol. The Bertz CT molecular complexity index is 1700. The highest BCUT2D eigenvalue weighted by Gasteiger charge is 2.53. The molecule has 12 N–H and O–H groups in total. The van der Waals surface area contributed by atoms with Gasteiger partial charge in [-0.05, 0) is 70.6 Å². The lowest BCUT2D eigenvalue weighted by Crippen LogP contribution is -2.66. The number of carbonyl (C=O) groups is 1. The van der Waals surface area contributed by atoms with Crippen molar-refractivity contribution in [2.75, 3.05) is 26.4 Å². The molecule has 430 valence electrons. The second-order valence-corrected chi connectivity index (χ2v) is 19.3. The van der Waals surface area contributed by atoms with Crippen molar-refractivity contribution >= 4 is 5.91 Å². The van der Waals surface area contributed by atoms with E-state index >= 15 is 0 Å². The van der Waals surface area contributed by atoms with Crippen LogP contribution >= 0.6 is 0 Å². The maximum Gasteiger partial charge on any atom is 0.220 e. The van der Waals surface area contributed by atoms with Crippen LogP contribution in [-0.4, -0.2) is 193 Å². The third-order valence-corrected chi connectivity index (χ3v) is 13.2. The number of aliphatic hydroxyl groups is 11. The van der Waals surface area contributed by atoms with Crippen molar-refractivity contribution in [1.29, 1.82) is 0 Å². The lowest BCUT2D eigenvalue weighted by molar-refractivity contribution is -0.379. The molecule has 3 rings (SSSR count). The molecule has 0 spiro atoms. The molecular weight excluding hydrogens is 975 g/mol. The van der Waals surface area contributed by atoms with Gasteiger partial charge in [-0.15, -0.1) is 0 Å². The summed E-state index contributed by atoms with van der Waals surface area (Å²) in [5.74, 6) is -0.304. The van der Waals surface area contributed by atoms with Crippen molar-refractivity contribution in [3.05, 3.63) is 85.1 Å². The van der Waals surface area contributed by atoms with Gasteiger partial charge in [-0.25, -0.2) is 0 Å². The van der Waals surface area contributed by atoms with E-state index in [9.17, 15) is 61.0 Å². The second kappa shape index (κ2) is 39.3. The Morgan fingerprint density at radius 2 is 0.920 bits per heavy atom. The average Bonchev–Trinajstić information content (AvgIpc) is 3.41. The molecular formula is C56H93NO18. The number of allylic oxidation sites excluding steroid dienone is 13. The first-order valence-electron chi connectivity index (χ1n) is 27.3. The molecule has 0 aliphatic carbocycles. The molecule has 3 aliphatic rings. The number of aliphatic hydroxyl groups excluding tert-OH is 11. The Balaban J connectivity index is 1.42. The Hall–Kier alpha value is -3.03. The van der Waals surface area contributed by atoms with E-state index in [0.717, 1.165) is 96.3 Å². The molecule has 0 saturated carbocycles. The fourth-order valence-electron chi connectivity index (χ4n) is 8.66. The van der Waals surface area contributed by atoms with Crippen molar-refractivity contribution in [1.82, 2.24) is 5.32 Å². The van der Waals surface area contributed by atoms with E-state index in [0.29, 0.717) is 12.8 Å². The molecule has 3 heterocycles. The first-order chi connectivity index (χ1) is 36.3. The van der Waals surface area contributed by atoms with Gasteiger partial charge in [-0.3, -0.25) is 4.79 Å². The maximum absolute atomic E-state index is 13.2. The lowest BCUT2D eigenvalue weighted by Gasteiger charge is -2.48. The van der Waals surface area contributed by atoms with Crippen LogP contribution in [0.1, 0.15) is 129 Å². The van der Waals surface area contributed by atoms with E-state index in [1.807, 2.05) is 6.08 Å². The molecule has 0 bridgehead atoms. The van der Waals surface area contributed by atoms with Gasteiger partial charge in [0.1, 0.15) is 73.2 Å². The van der Waals surface area contributed by atoms with Crippen LogP contribution in [0.2, 0.25) is 0 Å². The van der Waals surface area contributed by atoms with Gasteiger partial charge in [-0.1, -0.05) is 137 Å². The normalized spacial score (nSPS) is 31.9. The number of carbonyl (C=O) groups excluding carboxylic acids is 1. The molecule has 0 radical (unpaired) electrons. The van der Waals surface area contributed by atoms with Gasteiger partial charge in [0, 0.05) is 6.42 Å². The molecule has 19 heteroatoms. The quantitative estimate of drug-likeness (QED) is 0.0314. The van der Waals surface area contributed by atoms with Crippen molar-refractivity contribution < 1.29 is 89.4 Å². The summed E-state index contributed by atoms with van der Waals surface area (Å²) in [7, 11) is 0. The molecule has 3 saturated heterocycles. The molecule has 17 atom stereocenters. The van der Waals surface area contributed by atoms with E-state index in [4.69, 9.17) is 28.4 Å². The Kier molecular flexibility index (Phi) is 34.8. The number of nitrogens with one attached hydrogen (secondary N) is 1. The standard InChI is InChI=1S/C56H93NO18/c1-3-5-7-9-10-11-12-13-14-15-16-17-18-19-20-21-22-23-24-25-26-27-28-30-32-34-44(62)57-39(40(61)33-31-29-8-6-4-2)38-70-54-50(68)47(65)52(42(36-59)72-54)75-56-51(69)48(66)53(43(37-60)73-56)74-55-49(67)46(64)45(63)41(35-58)71-55/h5,7,10-11,13-14,16-17,19-20,22-23,31,33,39-43,45-56,58-61,63-69H,3-4,6,8-9,12,15,18,21,24-30,32,34-38H2,1-2H3,(H,57,62)/b7-5-,11-10-,14-13-,17-16-,20-19-,23-22-,33-31+. The van der Waals surface area contributed by atoms with Gasteiger partial charge < -0.3 is 89.9 Å². The highest BCUT2D eigenvalue weighted by atomic mass is 16.8. The van der Waals surface area contributed by atoms with Gasteiger partial charge in [0.2, 0.25) is 5.91 Å². The zero-order valence-corrected chi connectivity index (χ0v) is 44.2. The molecule has 1 amide bonds. The molecule has 19 nitrogen and oxygen atoms in total. The minimum absolute atomic E-state index is 0.219. The van der Waals surface area contributed by atoms with Gasteiger partial charge in [-0.2, -0.15) is 0 Å². The summed E-state index contributed by atoms with van der Waals surface area (Å²) in [5, 5.41) is 119. The highest BCUT2D eigenvalue weighted by Crippen LogP contribution is 2.33. The van der Waals surface area contributed by atoms with Crippen LogP contribution < -0.4 is 5.32 Å². The van der Waals surface area contributed by atoms with E-state index in [-0.39, 0.29) is 18.9 Å². The van der Waals surface area contributed by atoms with Crippen molar-refractivity contribution in [2.45, 2.75) is 234 Å². The highest BCUT2D eigenvalue weighted by molar-refractivity contribution is 5.76. The van der Waals surface area contributed by atoms with E-state index in [2.05, 4.69) is 92.1 Å². The predicted molar refractivity (Wildman–Crippen MR) is 281 cm³/mol. The third kappa shape index (κ3) is 24.3. The number of rotatable bonds is 37. The SMILES string of the molecule is CC/C=C\C/C=C\C/C=C\C/C=C\C/C=C\C/C=C\CCCCCCCCC(=O)NC(COC1OC(CO)C(OC2OC(CO)C(OC3OC(CO)C(O)C(O)C3O)C(O)C2O)C(O)C1O)C(O)/C=C/CCCCC. The van der Waals surface area contributed by atoms with Crippen LogP contribution in [0.4, 0.5) is 0 Å². The lowest BCUT2D eigenvalue weighted by atomic mass is 9.96. The van der Waals surface area contributed by atoms with Crippen molar-refractivity contribution in [3.63, 3.8) is 0 Å². The summed E-state index contributed by atoms with van der Waals surface area (Å²) < 4.78 is 34.0. The largest absolute Gasteiger partial charge is 0.394 e. The fourth-order valence-corrected chi connectivity index (χ4v) is 8.66. The van der Waals surface area contributed by atoms with Crippen LogP contribution in [0.5, 0.6) is 0 Å². The van der Waals surface area contributed by atoms with Gasteiger partial charge in [0.25, 0.3) is 0 Å². The third-order valence-electron chi connectivity index (χ3n) is 13.2. The van der Waals surface area contributed by atoms with Crippen LogP contribution in [-0.2, 0) is 33.2 Å². The number of unbranched alkanes of at least 4 members (excludes halogenated alkanes) is 9. The summed E-state index contributed by atoms with van der Waals surface area (Å²) in [5.41, 5.74) is 0. The first-order valence-corrected chi connectivity index (χ1v) is 27.3. The van der Waals surface area contributed by atoms with E-state index in [1.54, 1.807) is 6.08 Å². The fraction of sp³-hybridized carbons (Fsp3) is 0.732. The van der Waals surface area contributed by atoms with Crippen LogP contribution in [0, 0.1) is 0 Å². The van der Waals surface area contributed by atoms with Gasteiger partial charge >= 0.3 is 0 Å². The maximum atomic E-state index is 13.2. The molecule has 3 fully saturated rings. The van der Waals surface area contributed by atoms with Crippen LogP contribution in [0.3, 0.4) is 0 Å². The van der Waals surface area contributed by atoms with E-state index < -0.39 is 124 Å². The van der Waals surface area contributed by atoms with Crippen LogP contribution in [0.25, 0.3) is 0 Å². The van der Waals surface area contributed by atoms with Gasteiger partial charge in [0.05, 0.1) is 38.6 Å². The Morgan fingerprint density at radius 1 is 0.493 bits per heavy atom. The molecule has 3 aliphatic heterocycles. The topological polar surface area (TPSA) is 307 Å². The molecule has 0 aromatic rings. The molecule has 0 aromatic heterocycles. The predicted octanol–water partition coefficient (Wildman–Crippen LogP) is 3.25. The summed E-state index contributed by atoms with van der Waals surface area (Å²) in [6, 6.07) is -0.982. The van der Waals surface area contributed by atoms with Crippen molar-refractivity contribution in [2.24, 2.45) is 0 Å².